The molecule has 0 aromatic rings. The molecule has 4 aliphatic heterocycles. The molecule has 7 heteroatoms. The van der Waals surface area contributed by atoms with Gasteiger partial charge in [-0.05, 0) is 27.7 Å². The van der Waals surface area contributed by atoms with E-state index < -0.39 is 29.0 Å². The maximum atomic E-state index is 6.22. The molecule has 20 heavy (non-hydrogen) atoms. The highest BCUT2D eigenvalue weighted by Crippen LogP contribution is 2.58. The number of ether oxygens (including phenoxy) is 6. The van der Waals surface area contributed by atoms with E-state index in [1.165, 1.54) is 0 Å². The summed E-state index contributed by atoms with van der Waals surface area (Å²) in [6, 6.07) is 0. The Morgan fingerprint density at radius 2 is 1.60 bits per heavy atom. The first-order chi connectivity index (χ1) is 9.24. The zero-order valence-electron chi connectivity index (χ0n) is 11.9. The van der Waals surface area contributed by atoms with Gasteiger partial charge in [0.2, 0.25) is 0 Å². The first kappa shape index (κ1) is 13.7. The second-order valence-corrected chi connectivity index (χ2v) is 7.03. The summed E-state index contributed by atoms with van der Waals surface area (Å²) in [5.41, 5.74) is -1.15. The molecule has 6 nitrogen and oxygen atoms in total. The molecule has 1 spiro atoms. The highest BCUT2D eigenvalue weighted by molar-refractivity contribution is 6.22. The Bertz CT molecular complexity index is 441. The van der Waals surface area contributed by atoms with E-state index in [-0.39, 0.29) is 18.3 Å². The largest absolute Gasteiger partial charge is 0.348 e. The van der Waals surface area contributed by atoms with Gasteiger partial charge in [0, 0.05) is 0 Å². The molecule has 0 unspecified atom stereocenters. The second-order valence-electron chi connectivity index (χ2n) is 6.64. The molecule has 0 aromatic carbocycles. The van der Waals surface area contributed by atoms with Gasteiger partial charge in [0.25, 0.3) is 0 Å². The van der Waals surface area contributed by atoms with Crippen LogP contribution < -0.4 is 0 Å². The van der Waals surface area contributed by atoms with Crippen molar-refractivity contribution >= 4 is 11.6 Å². The van der Waals surface area contributed by atoms with Gasteiger partial charge in [-0.3, -0.25) is 0 Å². The Hall–Kier alpha value is 0.0500. The standard InChI is InChI=1S/C13H19ClO6/c1-11(2)15-5-6(17-11)7-13(10(14)20-13)8-9(16-7)19-12(3,4)18-8/h6-10H,5H2,1-4H3/t6-,7-,8+,9-,10-,13+/m1/s1. The van der Waals surface area contributed by atoms with E-state index in [0.717, 1.165) is 0 Å². The molecule has 0 amide bonds. The summed E-state index contributed by atoms with van der Waals surface area (Å²) in [4.78, 5) is 0. The summed E-state index contributed by atoms with van der Waals surface area (Å²) in [7, 11) is 0. The predicted molar refractivity (Wildman–Crippen MR) is 67.1 cm³/mol. The van der Waals surface area contributed by atoms with Gasteiger partial charge < -0.3 is 28.4 Å². The topological polar surface area (TPSA) is 58.7 Å². The Balaban J connectivity index is 1.58. The van der Waals surface area contributed by atoms with E-state index in [1.54, 1.807) is 0 Å². The number of epoxide rings is 1. The molecule has 4 heterocycles. The Morgan fingerprint density at radius 1 is 0.900 bits per heavy atom. The van der Waals surface area contributed by atoms with E-state index in [0.29, 0.717) is 6.61 Å². The van der Waals surface area contributed by atoms with E-state index in [9.17, 15) is 0 Å². The van der Waals surface area contributed by atoms with Gasteiger partial charge in [0.05, 0.1) is 6.61 Å². The van der Waals surface area contributed by atoms with Gasteiger partial charge in [-0.1, -0.05) is 11.6 Å². The van der Waals surface area contributed by atoms with Crippen LogP contribution in [0.15, 0.2) is 0 Å². The van der Waals surface area contributed by atoms with Crippen LogP contribution in [0.2, 0.25) is 0 Å². The minimum atomic E-state index is -0.700. The molecule has 6 atom stereocenters. The van der Waals surface area contributed by atoms with Gasteiger partial charge in [0.1, 0.15) is 18.3 Å². The fraction of sp³-hybridized carbons (Fsp3) is 1.00. The average molecular weight is 307 g/mol. The lowest BCUT2D eigenvalue weighted by Crippen LogP contribution is -2.46. The van der Waals surface area contributed by atoms with Gasteiger partial charge in [-0.15, -0.1) is 0 Å². The molecule has 0 saturated carbocycles. The number of alkyl halides is 1. The van der Waals surface area contributed by atoms with Crippen LogP contribution in [0, 0.1) is 0 Å². The molecule has 0 N–H and O–H groups in total. The molecular weight excluding hydrogens is 288 g/mol. The van der Waals surface area contributed by atoms with Gasteiger partial charge in [-0.2, -0.15) is 0 Å². The summed E-state index contributed by atoms with van der Waals surface area (Å²) >= 11 is 6.22. The van der Waals surface area contributed by atoms with Crippen LogP contribution in [0.1, 0.15) is 27.7 Å². The van der Waals surface area contributed by atoms with E-state index in [2.05, 4.69) is 0 Å². The van der Waals surface area contributed by atoms with Gasteiger partial charge >= 0.3 is 0 Å². The molecular formula is C13H19ClO6. The fourth-order valence-corrected chi connectivity index (χ4v) is 3.73. The summed E-state index contributed by atoms with van der Waals surface area (Å²) in [5.74, 6) is -1.31. The third-order valence-corrected chi connectivity index (χ3v) is 4.63. The van der Waals surface area contributed by atoms with Crippen molar-refractivity contribution in [2.45, 2.75) is 75.0 Å². The Morgan fingerprint density at radius 3 is 2.15 bits per heavy atom. The quantitative estimate of drug-likeness (QED) is 0.538. The van der Waals surface area contributed by atoms with E-state index in [1.807, 2.05) is 27.7 Å². The lowest BCUT2D eigenvalue weighted by molar-refractivity contribution is -0.228. The predicted octanol–water partition coefficient (Wildman–Crippen LogP) is 1.35. The van der Waals surface area contributed by atoms with E-state index >= 15 is 0 Å². The number of hydrogen-bond acceptors (Lipinski definition) is 6. The lowest BCUT2D eigenvalue weighted by Gasteiger charge is -2.27. The summed E-state index contributed by atoms with van der Waals surface area (Å²) in [6.45, 7) is 7.88. The van der Waals surface area contributed by atoms with Crippen LogP contribution in [0.5, 0.6) is 0 Å². The molecule has 4 aliphatic rings. The molecule has 4 saturated heterocycles. The third kappa shape index (κ3) is 1.80. The SMILES string of the molecule is CC1(C)OC[C@H]([C@H]2O[C@@H]3OC(C)(C)O[C@@H]3[C@@]23O[C@H]3Cl)O1. The maximum Gasteiger partial charge on any atom is 0.190 e. The van der Waals surface area contributed by atoms with Crippen molar-refractivity contribution in [2.24, 2.45) is 0 Å². The summed E-state index contributed by atoms with van der Waals surface area (Å²) in [5, 5.41) is 0. The molecule has 0 aliphatic carbocycles. The smallest absolute Gasteiger partial charge is 0.190 e. The molecule has 0 bridgehead atoms. The lowest BCUT2D eigenvalue weighted by atomic mass is 9.95. The highest BCUT2D eigenvalue weighted by atomic mass is 35.5. The van der Waals surface area contributed by atoms with Crippen LogP contribution in [0.4, 0.5) is 0 Å². The van der Waals surface area contributed by atoms with Gasteiger partial charge in [-0.25, -0.2) is 0 Å². The zero-order valence-corrected chi connectivity index (χ0v) is 12.7. The van der Waals surface area contributed by atoms with Crippen LogP contribution in [0.3, 0.4) is 0 Å². The highest BCUT2D eigenvalue weighted by Gasteiger charge is 2.78. The first-order valence-electron chi connectivity index (χ1n) is 6.88. The molecule has 4 fully saturated rings. The van der Waals surface area contributed by atoms with Crippen LogP contribution in [0.25, 0.3) is 0 Å². The Labute approximate surface area is 122 Å². The second kappa shape index (κ2) is 3.87. The summed E-state index contributed by atoms with van der Waals surface area (Å²) in [6.07, 6.45) is -1.41. The van der Waals surface area contributed by atoms with E-state index in [4.69, 9.17) is 40.0 Å². The number of hydrogen-bond donors (Lipinski definition) is 0. The number of halogens is 1. The average Bonchev–Trinajstić information content (AvgIpc) is 2.60. The molecule has 114 valence electrons. The normalized spacial score (nSPS) is 55.4. The van der Waals surface area contributed by atoms with Crippen LogP contribution in [-0.4, -0.2) is 53.9 Å². The number of rotatable bonds is 1. The van der Waals surface area contributed by atoms with Gasteiger partial charge in [0.15, 0.2) is 29.0 Å². The summed E-state index contributed by atoms with van der Waals surface area (Å²) < 4.78 is 34.8. The minimum Gasteiger partial charge on any atom is -0.348 e. The third-order valence-electron chi connectivity index (χ3n) is 4.20. The zero-order chi connectivity index (χ0) is 14.3. The van der Waals surface area contributed by atoms with Crippen LogP contribution >= 0.6 is 11.6 Å². The van der Waals surface area contributed by atoms with Crippen molar-refractivity contribution in [1.29, 1.82) is 0 Å². The van der Waals surface area contributed by atoms with Crippen molar-refractivity contribution in [3.8, 4) is 0 Å². The van der Waals surface area contributed by atoms with Crippen molar-refractivity contribution in [1.82, 2.24) is 0 Å². The molecule has 0 radical (unpaired) electrons. The van der Waals surface area contributed by atoms with Crippen LogP contribution in [-0.2, 0) is 28.4 Å². The number of fused-ring (bicyclic) bond motifs is 2. The molecule has 0 aromatic heterocycles. The van der Waals surface area contributed by atoms with Crippen molar-refractivity contribution in [3.05, 3.63) is 0 Å². The van der Waals surface area contributed by atoms with Crippen molar-refractivity contribution in [3.63, 3.8) is 0 Å². The first-order valence-corrected chi connectivity index (χ1v) is 7.32. The monoisotopic (exact) mass is 306 g/mol. The van der Waals surface area contributed by atoms with Crippen molar-refractivity contribution in [2.75, 3.05) is 6.61 Å². The Kier molecular flexibility index (Phi) is 2.65. The maximum absolute atomic E-state index is 6.22. The fourth-order valence-electron chi connectivity index (χ4n) is 3.33. The molecule has 4 rings (SSSR count). The van der Waals surface area contributed by atoms with Crippen molar-refractivity contribution < 1.29 is 28.4 Å². The minimum absolute atomic E-state index is 0.241.